The molecule has 20 heavy (non-hydrogen) atoms. The molecule has 2 atom stereocenters. The van der Waals surface area contributed by atoms with Gasteiger partial charge in [0.25, 0.3) is 0 Å². The predicted molar refractivity (Wildman–Crippen MR) is 69.7 cm³/mol. The first-order valence-electron chi connectivity index (χ1n) is 5.97. The van der Waals surface area contributed by atoms with Crippen LogP contribution in [0, 0.1) is 0 Å². The summed E-state index contributed by atoms with van der Waals surface area (Å²) in [6.45, 7) is 1.64. The highest BCUT2D eigenvalue weighted by molar-refractivity contribution is 5.76. The highest BCUT2D eigenvalue weighted by atomic mass is 19.1. The van der Waals surface area contributed by atoms with E-state index in [4.69, 9.17) is 15.2 Å². The van der Waals surface area contributed by atoms with Crippen LogP contribution in [0.3, 0.4) is 0 Å². The van der Waals surface area contributed by atoms with Crippen LogP contribution in [0.15, 0.2) is 12.1 Å². The van der Waals surface area contributed by atoms with Crippen LogP contribution < -0.4 is 15.2 Å². The molecule has 0 amide bonds. The Morgan fingerprint density at radius 1 is 1.35 bits per heavy atom. The molecule has 0 spiro atoms. The summed E-state index contributed by atoms with van der Waals surface area (Å²) in [5, 5.41) is 9.75. The van der Waals surface area contributed by atoms with Crippen molar-refractivity contribution in [3.63, 3.8) is 0 Å². The van der Waals surface area contributed by atoms with Crippen LogP contribution in [0.5, 0.6) is 17.2 Å². The summed E-state index contributed by atoms with van der Waals surface area (Å²) >= 11 is 0. The topological polar surface area (TPSA) is 91.0 Å². The number of carbonyl (C=O) groups excluding carboxylic acids is 1. The first-order valence-corrected chi connectivity index (χ1v) is 5.97. The van der Waals surface area contributed by atoms with Crippen LogP contribution >= 0.6 is 0 Å². The van der Waals surface area contributed by atoms with Crippen LogP contribution in [-0.4, -0.2) is 38.1 Å². The number of hydrogen-bond donors (Lipinski definition) is 2. The highest BCUT2D eigenvalue weighted by Gasteiger charge is 2.29. The molecule has 0 aliphatic heterocycles. The number of carbonyl (C=O) groups is 1. The predicted octanol–water partition coefficient (Wildman–Crippen LogP) is 1.31. The van der Waals surface area contributed by atoms with E-state index in [1.807, 2.05) is 0 Å². The number of phenols is 1. The number of ether oxygens (including phenoxy) is 3. The van der Waals surface area contributed by atoms with E-state index in [2.05, 4.69) is 4.74 Å². The molecular formula is C13H18FNO5. The SMILES string of the molecule is CCOC(=O)C(F)[C@H](N)c1cc(OC)c(O)c(OC)c1. The average molecular weight is 287 g/mol. The van der Waals surface area contributed by atoms with Crippen molar-refractivity contribution >= 4 is 5.97 Å². The first kappa shape index (κ1) is 16.0. The number of halogens is 1. The zero-order chi connectivity index (χ0) is 15.3. The molecule has 0 bridgehead atoms. The smallest absolute Gasteiger partial charge is 0.342 e. The summed E-state index contributed by atoms with van der Waals surface area (Å²) in [6, 6.07) is 1.43. The largest absolute Gasteiger partial charge is 0.502 e. The lowest BCUT2D eigenvalue weighted by atomic mass is 10.0. The van der Waals surface area contributed by atoms with Crippen molar-refractivity contribution in [2.24, 2.45) is 5.73 Å². The molecule has 3 N–H and O–H groups in total. The van der Waals surface area contributed by atoms with Gasteiger partial charge in [0, 0.05) is 0 Å². The van der Waals surface area contributed by atoms with Crippen molar-refractivity contribution in [1.82, 2.24) is 0 Å². The van der Waals surface area contributed by atoms with Crippen LogP contribution in [0.25, 0.3) is 0 Å². The van der Waals surface area contributed by atoms with Crippen molar-refractivity contribution in [1.29, 1.82) is 0 Å². The fourth-order valence-electron chi connectivity index (χ4n) is 1.64. The number of phenolic OH excluding ortho intramolecular Hbond substituents is 1. The van der Waals surface area contributed by atoms with Crippen molar-refractivity contribution in [2.45, 2.75) is 19.1 Å². The maximum Gasteiger partial charge on any atom is 0.342 e. The van der Waals surface area contributed by atoms with Gasteiger partial charge in [0.1, 0.15) is 0 Å². The van der Waals surface area contributed by atoms with Gasteiger partial charge in [-0.3, -0.25) is 0 Å². The molecule has 0 aromatic heterocycles. The molecule has 0 saturated carbocycles. The normalized spacial score (nSPS) is 13.4. The van der Waals surface area contributed by atoms with Gasteiger partial charge in [-0.2, -0.15) is 0 Å². The van der Waals surface area contributed by atoms with Crippen LogP contribution in [0.2, 0.25) is 0 Å². The van der Waals surface area contributed by atoms with E-state index in [0.29, 0.717) is 0 Å². The molecule has 6 nitrogen and oxygen atoms in total. The summed E-state index contributed by atoms with van der Waals surface area (Å²) in [7, 11) is 2.67. The van der Waals surface area contributed by atoms with E-state index >= 15 is 0 Å². The number of rotatable bonds is 6. The summed E-state index contributed by atoms with van der Waals surface area (Å²) in [4.78, 5) is 11.3. The Hall–Kier alpha value is -2.02. The van der Waals surface area contributed by atoms with Gasteiger partial charge in [-0.05, 0) is 24.6 Å². The molecule has 112 valence electrons. The summed E-state index contributed by atoms with van der Waals surface area (Å²) < 4.78 is 28.4. The molecule has 0 radical (unpaired) electrons. The third-order valence-corrected chi connectivity index (χ3v) is 2.71. The highest BCUT2D eigenvalue weighted by Crippen LogP contribution is 2.39. The van der Waals surface area contributed by atoms with Crippen LogP contribution in [0.1, 0.15) is 18.5 Å². The molecule has 1 rings (SSSR count). The number of esters is 1. The van der Waals surface area contributed by atoms with E-state index in [1.165, 1.54) is 26.4 Å². The van der Waals surface area contributed by atoms with Gasteiger partial charge in [-0.25, -0.2) is 9.18 Å². The lowest BCUT2D eigenvalue weighted by Gasteiger charge is -2.18. The molecule has 0 saturated heterocycles. The van der Waals surface area contributed by atoms with Gasteiger partial charge in [0.05, 0.1) is 26.9 Å². The van der Waals surface area contributed by atoms with Crippen molar-refractivity contribution in [3.8, 4) is 17.2 Å². The van der Waals surface area contributed by atoms with Crippen LogP contribution in [0.4, 0.5) is 4.39 Å². The third kappa shape index (κ3) is 3.30. The molecule has 7 heteroatoms. The monoisotopic (exact) mass is 287 g/mol. The maximum atomic E-state index is 13.9. The molecule has 0 heterocycles. The molecule has 1 aromatic carbocycles. The molecule has 0 aliphatic carbocycles. The van der Waals surface area contributed by atoms with E-state index in [-0.39, 0.29) is 29.4 Å². The van der Waals surface area contributed by atoms with E-state index in [0.717, 1.165) is 0 Å². The molecule has 1 unspecified atom stereocenters. The van der Waals surface area contributed by atoms with Gasteiger partial charge in [-0.15, -0.1) is 0 Å². The first-order chi connectivity index (χ1) is 9.46. The minimum atomic E-state index is -2.02. The van der Waals surface area contributed by atoms with Gasteiger partial charge in [-0.1, -0.05) is 0 Å². The second-order valence-corrected chi connectivity index (χ2v) is 3.95. The number of methoxy groups -OCH3 is 2. The van der Waals surface area contributed by atoms with E-state index < -0.39 is 18.2 Å². The zero-order valence-electron chi connectivity index (χ0n) is 11.6. The van der Waals surface area contributed by atoms with Gasteiger partial charge in [0.15, 0.2) is 11.5 Å². The van der Waals surface area contributed by atoms with Gasteiger partial charge in [0.2, 0.25) is 11.9 Å². The Kier molecular flexibility index (Phi) is 5.57. The maximum absolute atomic E-state index is 13.9. The lowest BCUT2D eigenvalue weighted by Crippen LogP contribution is -2.31. The molecule has 0 fully saturated rings. The minimum absolute atomic E-state index is 0.0637. The van der Waals surface area contributed by atoms with E-state index in [1.54, 1.807) is 6.92 Å². The third-order valence-electron chi connectivity index (χ3n) is 2.71. The second kappa shape index (κ2) is 6.95. The Bertz CT molecular complexity index is 455. The summed E-state index contributed by atoms with van der Waals surface area (Å²) in [6.07, 6.45) is -2.02. The number of nitrogens with two attached hydrogens (primary N) is 1. The van der Waals surface area contributed by atoms with E-state index in [9.17, 15) is 14.3 Å². The minimum Gasteiger partial charge on any atom is -0.502 e. The number of aromatic hydroxyl groups is 1. The number of benzene rings is 1. The summed E-state index contributed by atoms with van der Waals surface area (Å²) in [5.74, 6) is -1.11. The quantitative estimate of drug-likeness (QED) is 0.767. The zero-order valence-corrected chi connectivity index (χ0v) is 11.6. The van der Waals surface area contributed by atoms with Crippen molar-refractivity contribution in [3.05, 3.63) is 17.7 Å². The Morgan fingerprint density at radius 2 is 1.85 bits per heavy atom. The lowest BCUT2D eigenvalue weighted by molar-refractivity contribution is -0.149. The average Bonchev–Trinajstić information content (AvgIpc) is 2.46. The van der Waals surface area contributed by atoms with Crippen molar-refractivity contribution in [2.75, 3.05) is 20.8 Å². The van der Waals surface area contributed by atoms with Gasteiger partial charge < -0.3 is 25.1 Å². The number of alkyl halides is 1. The second-order valence-electron chi connectivity index (χ2n) is 3.95. The number of hydrogen-bond acceptors (Lipinski definition) is 6. The fourth-order valence-corrected chi connectivity index (χ4v) is 1.64. The Balaban J connectivity index is 3.09. The van der Waals surface area contributed by atoms with Crippen molar-refractivity contribution < 1.29 is 28.5 Å². The fraction of sp³-hybridized carbons (Fsp3) is 0.462. The summed E-state index contributed by atoms with van der Waals surface area (Å²) in [5.41, 5.74) is 5.95. The Labute approximate surface area is 116 Å². The Morgan fingerprint density at radius 3 is 2.25 bits per heavy atom. The van der Waals surface area contributed by atoms with Gasteiger partial charge >= 0.3 is 5.97 Å². The molecule has 0 aliphatic rings. The van der Waals surface area contributed by atoms with Crippen LogP contribution in [-0.2, 0) is 9.53 Å². The molecular weight excluding hydrogens is 269 g/mol. The standard InChI is InChI=1S/C13H18FNO5/c1-4-20-13(17)10(14)11(15)7-5-8(18-2)12(16)9(6-7)19-3/h5-6,10-11,16H,4,15H2,1-3H3/t10?,11-/m1/s1. The molecule has 1 aromatic rings.